The molecule has 0 bridgehead atoms. The van der Waals surface area contributed by atoms with Crippen LogP contribution < -0.4 is 0 Å². The standard InChI is InChI=1S/C8H7O.Sm/c1-7(9)8-5-3-2-4-6-8;/h3-6H,1H3;/q-1;. The molecule has 0 aliphatic rings. The molecule has 0 saturated carbocycles. The van der Waals surface area contributed by atoms with Crippen LogP contribution in [0.1, 0.15) is 17.3 Å². The third-order valence-electron chi connectivity index (χ3n) is 1.12. The van der Waals surface area contributed by atoms with E-state index in [-0.39, 0.29) is 46.2 Å². The SMILES string of the molecule is CC(=O)c1cc[c-]cc1.[Sm]. The first kappa shape index (κ1) is 10.2. The van der Waals surface area contributed by atoms with Crippen molar-refractivity contribution < 1.29 is 45.2 Å². The Kier molecular flexibility index (Phi) is 5.07. The van der Waals surface area contributed by atoms with Crippen LogP contribution in [0.15, 0.2) is 24.3 Å². The van der Waals surface area contributed by atoms with Crippen molar-refractivity contribution in [3.05, 3.63) is 35.9 Å². The molecule has 0 atom stereocenters. The minimum Gasteiger partial charge on any atom is -0.297 e. The number of hydrogen-bond acceptors (Lipinski definition) is 1. The van der Waals surface area contributed by atoms with Gasteiger partial charge < -0.3 is 0 Å². The van der Waals surface area contributed by atoms with Gasteiger partial charge >= 0.3 is 0 Å². The topological polar surface area (TPSA) is 17.1 Å². The zero-order chi connectivity index (χ0) is 6.69. The van der Waals surface area contributed by atoms with Crippen molar-refractivity contribution in [1.29, 1.82) is 0 Å². The summed E-state index contributed by atoms with van der Waals surface area (Å²) in [6.07, 6.45) is 0. The summed E-state index contributed by atoms with van der Waals surface area (Å²) in [5.74, 6) is 0.101. The smallest absolute Gasteiger partial charge is 0.135 e. The van der Waals surface area contributed by atoms with Crippen LogP contribution in [-0.2, 0) is 0 Å². The largest absolute Gasteiger partial charge is 0.297 e. The Morgan fingerprint density at radius 1 is 1.40 bits per heavy atom. The summed E-state index contributed by atoms with van der Waals surface area (Å²) in [4.78, 5) is 10.6. The minimum atomic E-state index is 0. The summed E-state index contributed by atoms with van der Waals surface area (Å²) < 4.78 is 0. The number of ketones is 1. The first-order chi connectivity index (χ1) is 4.30. The Labute approximate surface area is 92.9 Å². The van der Waals surface area contributed by atoms with Crippen molar-refractivity contribution in [2.75, 3.05) is 0 Å². The van der Waals surface area contributed by atoms with Crippen molar-refractivity contribution in [1.82, 2.24) is 0 Å². The molecule has 0 fully saturated rings. The van der Waals surface area contributed by atoms with Gasteiger partial charge in [-0.3, -0.25) is 4.79 Å². The first-order valence-electron chi connectivity index (χ1n) is 2.78. The molecule has 0 heterocycles. The predicted octanol–water partition coefficient (Wildman–Crippen LogP) is 1.69. The van der Waals surface area contributed by atoms with Crippen LogP contribution in [0.2, 0.25) is 0 Å². The van der Waals surface area contributed by atoms with E-state index < -0.39 is 0 Å². The molecule has 0 amide bonds. The second-order valence-electron chi connectivity index (χ2n) is 1.84. The summed E-state index contributed by atoms with van der Waals surface area (Å²) in [5.41, 5.74) is 0.744. The fraction of sp³-hybridized carbons (Fsp3) is 0.125. The normalized spacial score (nSPS) is 8.10. The van der Waals surface area contributed by atoms with E-state index in [9.17, 15) is 4.79 Å². The van der Waals surface area contributed by atoms with E-state index in [1.165, 1.54) is 0 Å². The van der Waals surface area contributed by atoms with Gasteiger partial charge in [0.2, 0.25) is 0 Å². The molecule has 0 aromatic heterocycles. The molecular formula is C8H7OSm-. The second-order valence-corrected chi connectivity index (χ2v) is 1.84. The van der Waals surface area contributed by atoms with Gasteiger partial charge in [0.1, 0.15) is 5.78 Å². The molecule has 0 saturated heterocycles. The Bertz CT molecular complexity index is 206. The number of rotatable bonds is 1. The van der Waals surface area contributed by atoms with Gasteiger partial charge in [0.15, 0.2) is 0 Å². The van der Waals surface area contributed by atoms with Gasteiger partial charge in [0.25, 0.3) is 0 Å². The Morgan fingerprint density at radius 3 is 2.20 bits per heavy atom. The maximum Gasteiger partial charge on any atom is 0.135 e. The van der Waals surface area contributed by atoms with E-state index in [0.717, 1.165) is 5.56 Å². The molecule has 1 rings (SSSR count). The van der Waals surface area contributed by atoms with E-state index in [1.54, 1.807) is 31.2 Å². The maximum atomic E-state index is 10.6. The monoisotopic (exact) mass is 271 g/mol. The van der Waals surface area contributed by atoms with Crippen LogP contribution in [0, 0.1) is 46.5 Å². The Morgan fingerprint density at radius 2 is 1.90 bits per heavy atom. The molecule has 0 N–H and O–H groups in total. The van der Waals surface area contributed by atoms with E-state index >= 15 is 0 Å². The van der Waals surface area contributed by atoms with Gasteiger partial charge in [-0.05, 0) is 6.92 Å². The molecule has 0 radical (unpaired) electrons. The molecule has 52 valence electrons. The van der Waals surface area contributed by atoms with Crippen molar-refractivity contribution in [2.24, 2.45) is 0 Å². The van der Waals surface area contributed by atoms with Crippen LogP contribution in [0.5, 0.6) is 0 Å². The minimum absolute atomic E-state index is 0. The molecule has 1 aromatic carbocycles. The zero-order valence-corrected chi connectivity index (χ0v) is 8.25. The molecule has 2 heteroatoms. The average Bonchev–Trinajstić information content (AvgIpc) is 1.90. The quantitative estimate of drug-likeness (QED) is 0.560. The van der Waals surface area contributed by atoms with Crippen molar-refractivity contribution >= 4 is 5.78 Å². The summed E-state index contributed by atoms with van der Waals surface area (Å²) >= 11 is 0. The van der Waals surface area contributed by atoms with Gasteiger partial charge in [-0.1, -0.05) is 5.56 Å². The second kappa shape index (κ2) is 4.96. The van der Waals surface area contributed by atoms with Gasteiger partial charge in [-0.25, -0.2) is 0 Å². The average molecular weight is 270 g/mol. The summed E-state index contributed by atoms with van der Waals surface area (Å²) in [6.45, 7) is 1.55. The van der Waals surface area contributed by atoms with E-state index in [1.807, 2.05) is 0 Å². The Hall–Kier alpha value is 0.228. The van der Waals surface area contributed by atoms with Crippen LogP contribution in [0.25, 0.3) is 0 Å². The number of hydrogen-bond donors (Lipinski definition) is 0. The molecule has 0 unspecified atom stereocenters. The predicted molar refractivity (Wildman–Crippen MR) is 35.3 cm³/mol. The van der Waals surface area contributed by atoms with E-state index in [0.29, 0.717) is 0 Å². The number of Topliss-reactive ketones (excluding diaryl/α,β-unsaturated/α-hetero) is 1. The Balaban J connectivity index is 0.000000810. The molecule has 0 spiro atoms. The van der Waals surface area contributed by atoms with Crippen molar-refractivity contribution in [3.63, 3.8) is 0 Å². The van der Waals surface area contributed by atoms with Crippen molar-refractivity contribution in [2.45, 2.75) is 6.92 Å². The fourth-order valence-electron chi connectivity index (χ4n) is 0.622. The fourth-order valence-corrected chi connectivity index (χ4v) is 0.622. The first-order valence-corrected chi connectivity index (χ1v) is 2.78. The number of carbonyl (C=O) groups excluding carboxylic acids is 1. The van der Waals surface area contributed by atoms with Crippen LogP contribution >= 0.6 is 0 Å². The number of benzene rings is 1. The summed E-state index contributed by atoms with van der Waals surface area (Å²) in [6, 6.07) is 9.81. The van der Waals surface area contributed by atoms with Gasteiger partial charge in [-0.15, -0.1) is 0 Å². The van der Waals surface area contributed by atoms with Crippen molar-refractivity contribution in [3.8, 4) is 0 Å². The van der Waals surface area contributed by atoms with E-state index in [2.05, 4.69) is 6.07 Å². The molecule has 0 aliphatic carbocycles. The number of carbonyl (C=O) groups is 1. The van der Waals surface area contributed by atoms with E-state index in [4.69, 9.17) is 0 Å². The zero-order valence-electron chi connectivity index (χ0n) is 5.63. The van der Waals surface area contributed by atoms with Gasteiger partial charge in [0.05, 0.1) is 0 Å². The van der Waals surface area contributed by atoms with Crippen LogP contribution in [0.4, 0.5) is 0 Å². The van der Waals surface area contributed by atoms with Gasteiger partial charge in [0, 0.05) is 40.4 Å². The summed E-state index contributed by atoms with van der Waals surface area (Å²) in [5, 5.41) is 0. The molecule has 1 nitrogen and oxygen atoms in total. The third kappa shape index (κ3) is 2.87. The van der Waals surface area contributed by atoms with Gasteiger partial charge in [-0.2, -0.15) is 30.3 Å². The molecule has 1 aromatic rings. The van der Waals surface area contributed by atoms with Crippen LogP contribution in [-0.4, -0.2) is 5.78 Å². The third-order valence-corrected chi connectivity index (χ3v) is 1.12. The molecular weight excluding hydrogens is 262 g/mol. The molecule has 0 aliphatic heterocycles. The van der Waals surface area contributed by atoms with Crippen LogP contribution in [0.3, 0.4) is 0 Å². The molecule has 10 heavy (non-hydrogen) atoms. The summed E-state index contributed by atoms with van der Waals surface area (Å²) in [7, 11) is 0. The maximum absolute atomic E-state index is 10.6.